The molecule has 8 nitrogen and oxygen atoms in total. The minimum Gasteiger partial charge on any atom is -0.497 e. The van der Waals surface area contributed by atoms with Gasteiger partial charge in [-0.25, -0.2) is 4.98 Å². The van der Waals surface area contributed by atoms with Crippen molar-refractivity contribution in [2.45, 2.75) is 26.2 Å². The first-order valence-corrected chi connectivity index (χ1v) is 11.3. The number of hydrogen-bond donors (Lipinski definition) is 1. The number of nitrogens with zero attached hydrogens (tertiary/aromatic N) is 3. The molecule has 0 aliphatic heterocycles. The summed E-state index contributed by atoms with van der Waals surface area (Å²) in [6.45, 7) is 2.02. The lowest BCUT2D eigenvalue weighted by atomic mass is 10.2. The third kappa shape index (κ3) is 5.22. The first kappa shape index (κ1) is 22.3. The van der Waals surface area contributed by atoms with Gasteiger partial charge in [0.15, 0.2) is 5.58 Å². The molecule has 176 valence electrons. The van der Waals surface area contributed by atoms with Gasteiger partial charge in [-0.3, -0.25) is 4.79 Å². The van der Waals surface area contributed by atoms with E-state index in [0.717, 1.165) is 33.5 Å². The number of anilines is 1. The first-order chi connectivity index (χ1) is 17.1. The molecular formula is C27H24N4O4. The van der Waals surface area contributed by atoms with Gasteiger partial charge < -0.3 is 19.0 Å². The summed E-state index contributed by atoms with van der Waals surface area (Å²) in [5.41, 5.74) is 5.11. The van der Waals surface area contributed by atoms with Gasteiger partial charge in [-0.1, -0.05) is 11.2 Å². The molecule has 5 rings (SSSR count). The third-order valence-corrected chi connectivity index (χ3v) is 5.57. The number of fused-ring (bicyclic) bond motifs is 1. The Kier molecular flexibility index (Phi) is 6.26. The van der Waals surface area contributed by atoms with E-state index in [1.54, 1.807) is 7.11 Å². The molecule has 2 heterocycles. The molecule has 0 fully saturated rings. The quantitative estimate of drug-likeness (QED) is 0.306. The summed E-state index contributed by atoms with van der Waals surface area (Å²) in [6, 6.07) is 20.8. The van der Waals surface area contributed by atoms with Crippen molar-refractivity contribution in [1.82, 2.24) is 15.1 Å². The molecule has 0 radical (unpaired) electrons. The van der Waals surface area contributed by atoms with E-state index in [0.29, 0.717) is 42.6 Å². The Labute approximate surface area is 201 Å². The lowest BCUT2D eigenvalue weighted by molar-refractivity contribution is -0.116. The predicted octanol–water partition coefficient (Wildman–Crippen LogP) is 5.82. The average molecular weight is 469 g/mol. The lowest BCUT2D eigenvalue weighted by Gasteiger charge is -2.05. The SMILES string of the molecule is COc1ccc(-c2noc(CCCC(=O)Nc3ccc(-c4nc5cc(C)ccc5o4)cc3)n2)cc1. The Morgan fingerprint density at radius 3 is 2.51 bits per heavy atom. The van der Waals surface area contributed by atoms with Crippen LogP contribution in [0.1, 0.15) is 24.3 Å². The summed E-state index contributed by atoms with van der Waals surface area (Å²) in [5.74, 6) is 2.25. The zero-order chi connectivity index (χ0) is 24.2. The van der Waals surface area contributed by atoms with Gasteiger partial charge in [-0.15, -0.1) is 0 Å². The number of benzene rings is 3. The largest absolute Gasteiger partial charge is 0.497 e. The van der Waals surface area contributed by atoms with E-state index >= 15 is 0 Å². The number of methoxy groups -OCH3 is 1. The van der Waals surface area contributed by atoms with E-state index in [-0.39, 0.29) is 5.91 Å². The molecule has 0 unspecified atom stereocenters. The third-order valence-electron chi connectivity index (χ3n) is 5.57. The second-order valence-corrected chi connectivity index (χ2v) is 8.21. The van der Waals surface area contributed by atoms with Gasteiger partial charge in [0, 0.05) is 29.7 Å². The second kappa shape index (κ2) is 9.80. The molecule has 1 amide bonds. The van der Waals surface area contributed by atoms with Crippen LogP contribution in [0.2, 0.25) is 0 Å². The van der Waals surface area contributed by atoms with Gasteiger partial charge in [0.2, 0.25) is 23.5 Å². The molecule has 5 aromatic rings. The zero-order valence-corrected chi connectivity index (χ0v) is 19.4. The minimum absolute atomic E-state index is 0.0787. The number of oxazole rings is 1. The maximum atomic E-state index is 12.4. The van der Waals surface area contributed by atoms with E-state index in [9.17, 15) is 4.79 Å². The standard InChI is InChI=1S/C27H24N4O4/c1-17-6-15-23-22(16-17)29-27(34-23)19-7-11-20(12-8-19)28-24(32)4-3-5-25-30-26(31-35-25)18-9-13-21(33-2)14-10-18/h6-16H,3-5H2,1-2H3,(H,28,32). The van der Waals surface area contributed by atoms with Crippen LogP contribution in [0, 0.1) is 6.92 Å². The lowest BCUT2D eigenvalue weighted by Crippen LogP contribution is -2.11. The normalized spacial score (nSPS) is 11.0. The summed E-state index contributed by atoms with van der Waals surface area (Å²) in [5, 5.41) is 6.93. The minimum atomic E-state index is -0.0787. The molecule has 35 heavy (non-hydrogen) atoms. The smallest absolute Gasteiger partial charge is 0.227 e. The molecule has 0 aliphatic rings. The fourth-order valence-corrected chi connectivity index (χ4v) is 3.69. The van der Waals surface area contributed by atoms with Crippen molar-refractivity contribution < 1.29 is 18.5 Å². The Morgan fingerprint density at radius 2 is 1.74 bits per heavy atom. The number of aryl methyl sites for hydroxylation is 2. The van der Waals surface area contributed by atoms with Crippen LogP contribution in [0.5, 0.6) is 5.75 Å². The second-order valence-electron chi connectivity index (χ2n) is 8.21. The molecule has 0 aliphatic carbocycles. The van der Waals surface area contributed by atoms with Gasteiger partial charge in [-0.2, -0.15) is 4.98 Å². The Hall–Kier alpha value is -4.46. The van der Waals surface area contributed by atoms with Crippen molar-refractivity contribution >= 4 is 22.7 Å². The van der Waals surface area contributed by atoms with Crippen molar-refractivity contribution in [3.8, 4) is 28.6 Å². The molecule has 1 N–H and O–H groups in total. The first-order valence-electron chi connectivity index (χ1n) is 11.3. The van der Waals surface area contributed by atoms with Gasteiger partial charge in [-0.05, 0) is 79.6 Å². The number of carbonyl (C=O) groups is 1. The van der Waals surface area contributed by atoms with Crippen molar-refractivity contribution in [3.63, 3.8) is 0 Å². The number of rotatable bonds is 8. The van der Waals surface area contributed by atoms with E-state index in [4.69, 9.17) is 13.7 Å². The van der Waals surface area contributed by atoms with E-state index < -0.39 is 0 Å². The summed E-state index contributed by atoms with van der Waals surface area (Å²) in [4.78, 5) is 21.3. The monoisotopic (exact) mass is 468 g/mol. The molecule has 8 heteroatoms. The highest BCUT2D eigenvalue weighted by Crippen LogP contribution is 2.26. The van der Waals surface area contributed by atoms with Crippen LogP contribution in [-0.4, -0.2) is 28.1 Å². The van der Waals surface area contributed by atoms with Gasteiger partial charge in [0.25, 0.3) is 0 Å². The van der Waals surface area contributed by atoms with Crippen LogP contribution in [0.15, 0.2) is 75.7 Å². The number of hydrogen-bond acceptors (Lipinski definition) is 7. The number of carbonyl (C=O) groups excluding carboxylic acids is 1. The summed E-state index contributed by atoms with van der Waals surface area (Å²) in [7, 11) is 1.62. The van der Waals surface area contributed by atoms with E-state index in [1.807, 2.05) is 73.7 Å². The molecule has 0 bridgehead atoms. The van der Waals surface area contributed by atoms with Gasteiger partial charge in [0.05, 0.1) is 7.11 Å². The van der Waals surface area contributed by atoms with Crippen LogP contribution < -0.4 is 10.1 Å². The van der Waals surface area contributed by atoms with Gasteiger partial charge >= 0.3 is 0 Å². The number of aromatic nitrogens is 3. The fraction of sp³-hybridized carbons (Fsp3) is 0.185. The number of ether oxygens (including phenoxy) is 1. The average Bonchev–Trinajstić information content (AvgIpc) is 3.51. The molecule has 3 aromatic carbocycles. The van der Waals surface area contributed by atoms with Crippen LogP contribution in [0.3, 0.4) is 0 Å². The van der Waals surface area contributed by atoms with Crippen LogP contribution in [-0.2, 0) is 11.2 Å². The van der Waals surface area contributed by atoms with Crippen molar-refractivity contribution in [3.05, 3.63) is 78.2 Å². The molecular weight excluding hydrogens is 444 g/mol. The fourth-order valence-electron chi connectivity index (χ4n) is 3.69. The molecule has 0 saturated heterocycles. The maximum Gasteiger partial charge on any atom is 0.227 e. The van der Waals surface area contributed by atoms with Crippen LogP contribution in [0.4, 0.5) is 5.69 Å². The van der Waals surface area contributed by atoms with E-state index in [1.165, 1.54) is 0 Å². The number of amides is 1. The molecule has 0 atom stereocenters. The maximum absolute atomic E-state index is 12.4. The number of nitrogens with one attached hydrogen (secondary N) is 1. The Bertz CT molecular complexity index is 1450. The highest BCUT2D eigenvalue weighted by Gasteiger charge is 2.11. The summed E-state index contributed by atoms with van der Waals surface area (Å²) >= 11 is 0. The predicted molar refractivity (Wildman–Crippen MR) is 132 cm³/mol. The van der Waals surface area contributed by atoms with Crippen molar-refractivity contribution in [1.29, 1.82) is 0 Å². The van der Waals surface area contributed by atoms with Crippen LogP contribution in [0.25, 0.3) is 33.9 Å². The molecule has 2 aromatic heterocycles. The molecule has 0 saturated carbocycles. The molecule has 0 spiro atoms. The highest BCUT2D eigenvalue weighted by molar-refractivity contribution is 5.91. The van der Waals surface area contributed by atoms with Crippen LogP contribution >= 0.6 is 0 Å². The van der Waals surface area contributed by atoms with Gasteiger partial charge in [0.1, 0.15) is 11.3 Å². The Morgan fingerprint density at radius 1 is 0.971 bits per heavy atom. The van der Waals surface area contributed by atoms with Crippen molar-refractivity contribution in [2.24, 2.45) is 0 Å². The Balaban J connectivity index is 1.12. The summed E-state index contributed by atoms with van der Waals surface area (Å²) in [6.07, 6.45) is 1.45. The summed E-state index contributed by atoms with van der Waals surface area (Å²) < 4.78 is 16.3. The topological polar surface area (TPSA) is 103 Å². The zero-order valence-electron chi connectivity index (χ0n) is 19.4. The highest BCUT2D eigenvalue weighted by atomic mass is 16.5. The van der Waals surface area contributed by atoms with Crippen molar-refractivity contribution in [2.75, 3.05) is 12.4 Å². The van der Waals surface area contributed by atoms with E-state index in [2.05, 4.69) is 20.4 Å².